The molecule has 0 radical (unpaired) electrons. The van der Waals surface area contributed by atoms with Crippen molar-refractivity contribution in [3.8, 4) is 11.5 Å². The number of ether oxygens (including phenoxy) is 3. The fraction of sp³-hybridized carbons (Fsp3) is 0.211. The largest absolute Gasteiger partial charge is 0.457 e. The molecule has 6 nitrogen and oxygen atoms in total. The molecule has 0 aliphatic carbocycles. The molecular formula is C19H18O6. The van der Waals surface area contributed by atoms with Gasteiger partial charge in [-0.2, -0.15) is 0 Å². The third kappa shape index (κ3) is 5.17. The predicted molar refractivity (Wildman–Crippen MR) is 89.2 cm³/mol. The minimum Gasteiger partial charge on any atom is -0.457 e. The summed E-state index contributed by atoms with van der Waals surface area (Å²) in [5, 5.41) is 0. The molecule has 0 aromatic heterocycles. The molecule has 2 rings (SSSR count). The minimum atomic E-state index is -0.642. The first kappa shape index (κ1) is 18.2. The van der Waals surface area contributed by atoms with Gasteiger partial charge in [0.2, 0.25) is 0 Å². The third-order valence-corrected chi connectivity index (χ3v) is 3.20. The molecular weight excluding hydrogens is 324 g/mol. The van der Waals surface area contributed by atoms with Crippen LogP contribution in [-0.2, 0) is 20.9 Å². The summed E-state index contributed by atoms with van der Waals surface area (Å²) in [6.45, 7) is 2.87. The van der Waals surface area contributed by atoms with Crippen LogP contribution in [0.25, 0.3) is 0 Å². The van der Waals surface area contributed by atoms with Crippen LogP contribution >= 0.6 is 0 Å². The third-order valence-electron chi connectivity index (χ3n) is 3.20. The number of esters is 3. The summed E-state index contributed by atoms with van der Waals surface area (Å²) in [6, 6.07) is 13.1. The van der Waals surface area contributed by atoms with Gasteiger partial charge in [0.05, 0.1) is 0 Å². The quantitative estimate of drug-likeness (QED) is 0.592. The molecule has 2 aromatic carbocycles. The molecule has 0 atom stereocenters. The van der Waals surface area contributed by atoms with E-state index in [9.17, 15) is 14.4 Å². The standard InChI is InChI=1S/C19H18O6/c1-3-18(21)25-17-11-7-5-9-15(17)19(22)23-12-14-8-4-6-10-16(14)24-13(2)20/h4-11H,3,12H2,1-2H3. The number of hydrogen-bond donors (Lipinski definition) is 0. The summed E-state index contributed by atoms with van der Waals surface area (Å²) < 4.78 is 15.5. The van der Waals surface area contributed by atoms with Crippen LogP contribution in [0.15, 0.2) is 48.5 Å². The summed E-state index contributed by atoms with van der Waals surface area (Å²) >= 11 is 0. The SMILES string of the molecule is CCC(=O)Oc1ccccc1C(=O)OCc1ccccc1OC(C)=O. The summed E-state index contributed by atoms with van der Waals surface area (Å²) in [5.74, 6) is -1.07. The second kappa shape index (κ2) is 8.63. The molecule has 0 aliphatic rings. The van der Waals surface area contributed by atoms with Gasteiger partial charge in [0.15, 0.2) is 0 Å². The Balaban J connectivity index is 2.11. The van der Waals surface area contributed by atoms with E-state index >= 15 is 0 Å². The van der Waals surface area contributed by atoms with Crippen molar-refractivity contribution in [2.45, 2.75) is 26.9 Å². The molecule has 0 aliphatic heterocycles. The Kier molecular flexibility index (Phi) is 6.28. The summed E-state index contributed by atoms with van der Waals surface area (Å²) in [5.41, 5.74) is 0.698. The molecule has 130 valence electrons. The van der Waals surface area contributed by atoms with E-state index in [0.29, 0.717) is 11.3 Å². The molecule has 0 spiro atoms. The number of benzene rings is 2. The van der Waals surface area contributed by atoms with E-state index in [1.807, 2.05) is 0 Å². The van der Waals surface area contributed by atoms with Crippen LogP contribution < -0.4 is 9.47 Å². The van der Waals surface area contributed by atoms with E-state index < -0.39 is 17.9 Å². The van der Waals surface area contributed by atoms with Crippen LogP contribution in [0.1, 0.15) is 36.2 Å². The smallest absolute Gasteiger partial charge is 0.342 e. The Morgan fingerprint density at radius 3 is 2.20 bits per heavy atom. The average molecular weight is 342 g/mol. The topological polar surface area (TPSA) is 78.9 Å². The van der Waals surface area contributed by atoms with Crippen molar-refractivity contribution in [1.29, 1.82) is 0 Å². The van der Waals surface area contributed by atoms with Gasteiger partial charge in [-0.25, -0.2) is 4.79 Å². The molecule has 0 bridgehead atoms. The first-order valence-corrected chi connectivity index (χ1v) is 7.74. The Labute approximate surface area is 145 Å². The fourth-order valence-electron chi connectivity index (χ4n) is 2.02. The zero-order valence-corrected chi connectivity index (χ0v) is 14.0. The molecule has 0 heterocycles. The number of hydrogen-bond acceptors (Lipinski definition) is 6. The Morgan fingerprint density at radius 1 is 0.880 bits per heavy atom. The molecule has 25 heavy (non-hydrogen) atoms. The van der Waals surface area contributed by atoms with Crippen molar-refractivity contribution < 1.29 is 28.6 Å². The van der Waals surface area contributed by atoms with E-state index in [4.69, 9.17) is 14.2 Å². The highest BCUT2D eigenvalue weighted by molar-refractivity contribution is 5.93. The lowest BCUT2D eigenvalue weighted by molar-refractivity contribution is -0.134. The van der Waals surface area contributed by atoms with Gasteiger partial charge in [0.25, 0.3) is 0 Å². The van der Waals surface area contributed by atoms with Crippen molar-refractivity contribution in [2.24, 2.45) is 0 Å². The van der Waals surface area contributed by atoms with Crippen molar-refractivity contribution in [3.05, 3.63) is 59.7 Å². The molecule has 0 unspecified atom stereocenters. The van der Waals surface area contributed by atoms with E-state index in [1.54, 1.807) is 43.3 Å². The van der Waals surface area contributed by atoms with Crippen molar-refractivity contribution in [3.63, 3.8) is 0 Å². The predicted octanol–water partition coefficient (Wildman–Crippen LogP) is 3.28. The maximum absolute atomic E-state index is 12.3. The molecule has 6 heteroatoms. The Hall–Kier alpha value is -3.15. The van der Waals surface area contributed by atoms with Crippen LogP contribution in [0.5, 0.6) is 11.5 Å². The van der Waals surface area contributed by atoms with Gasteiger partial charge in [-0.1, -0.05) is 37.3 Å². The molecule has 0 amide bonds. The molecule has 0 N–H and O–H groups in total. The highest BCUT2D eigenvalue weighted by atomic mass is 16.6. The fourth-order valence-corrected chi connectivity index (χ4v) is 2.02. The molecule has 0 saturated carbocycles. The first-order valence-electron chi connectivity index (χ1n) is 7.74. The molecule has 2 aromatic rings. The van der Waals surface area contributed by atoms with Crippen LogP contribution in [0.4, 0.5) is 0 Å². The van der Waals surface area contributed by atoms with Crippen LogP contribution in [0, 0.1) is 0 Å². The highest BCUT2D eigenvalue weighted by Crippen LogP contribution is 2.22. The van der Waals surface area contributed by atoms with Gasteiger partial charge in [-0.05, 0) is 18.2 Å². The van der Waals surface area contributed by atoms with Crippen molar-refractivity contribution in [1.82, 2.24) is 0 Å². The lowest BCUT2D eigenvalue weighted by Crippen LogP contribution is -2.12. The zero-order chi connectivity index (χ0) is 18.2. The second-order valence-electron chi connectivity index (χ2n) is 5.10. The van der Waals surface area contributed by atoms with Gasteiger partial charge in [-0.3, -0.25) is 9.59 Å². The van der Waals surface area contributed by atoms with Gasteiger partial charge in [0.1, 0.15) is 23.7 Å². The van der Waals surface area contributed by atoms with Crippen molar-refractivity contribution in [2.75, 3.05) is 0 Å². The monoisotopic (exact) mass is 342 g/mol. The maximum atomic E-state index is 12.3. The van der Waals surface area contributed by atoms with E-state index in [-0.39, 0.29) is 24.3 Å². The number of carbonyl (C=O) groups is 3. The van der Waals surface area contributed by atoms with Crippen molar-refractivity contribution >= 4 is 17.9 Å². The lowest BCUT2D eigenvalue weighted by Gasteiger charge is -2.11. The second-order valence-corrected chi connectivity index (χ2v) is 5.10. The highest BCUT2D eigenvalue weighted by Gasteiger charge is 2.16. The Morgan fingerprint density at radius 2 is 1.52 bits per heavy atom. The summed E-state index contributed by atoms with van der Waals surface area (Å²) in [6.07, 6.45) is 0.194. The molecule has 0 saturated heterocycles. The van der Waals surface area contributed by atoms with Crippen LogP contribution in [-0.4, -0.2) is 17.9 Å². The van der Waals surface area contributed by atoms with E-state index in [2.05, 4.69) is 0 Å². The summed E-state index contributed by atoms with van der Waals surface area (Å²) in [4.78, 5) is 34.9. The van der Waals surface area contributed by atoms with E-state index in [1.165, 1.54) is 19.1 Å². The normalized spacial score (nSPS) is 10.0. The van der Waals surface area contributed by atoms with E-state index in [0.717, 1.165) is 0 Å². The number of para-hydroxylation sites is 2. The Bertz CT molecular complexity index is 781. The maximum Gasteiger partial charge on any atom is 0.342 e. The lowest BCUT2D eigenvalue weighted by atomic mass is 10.2. The van der Waals surface area contributed by atoms with Gasteiger partial charge >= 0.3 is 17.9 Å². The molecule has 0 fully saturated rings. The van der Waals surface area contributed by atoms with Gasteiger partial charge in [0, 0.05) is 18.9 Å². The number of rotatable bonds is 6. The average Bonchev–Trinajstić information content (AvgIpc) is 2.60. The van der Waals surface area contributed by atoms with Gasteiger partial charge < -0.3 is 14.2 Å². The van der Waals surface area contributed by atoms with Gasteiger partial charge in [-0.15, -0.1) is 0 Å². The number of carbonyl (C=O) groups excluding carboxylic acids is 3. The van der Waals surface area contributed by atoms with Crippen LogP contribution in [0.2, 0.25) is 0 Å². The minimum absolute atomic E-state index is 0.0850. The zero-order valence-electron chi connectivity index (χ0n) is 14.0. The first-order chi connectivity index (χ1) is 12.0. The van der Waals surface area contributed by atoms with Crippen LogP contribution in [0.3, 0.4) is 0 Å². The summed E-state index contributed by atoms with van der Waals surface area (Å²) in [7, 11) is 0.